The fraction of sp³-hybridized carbons (Fsp3) is 0.500. The Morgan fingerprint density at radius 2 is 1.93 bits per heavy atom. The molecule has 1 aliphatic heterocycles. The highest BCUT2D eigenvalue weighted by molar-refractivity contribution is 6.31. The van der Waals surface area contributed by atoms with Gasteiger partial charge in [-0.05, 0) is 31.0 Å². The summed E-state index contributed by atoms with van der Waals surface area (Å²) in [5.74, 6) is -3.13. The molecule has 0 aliphatic carbocycles. The number of fused-ring (bicyclic) bond motifs is 1. The lowest BCUT2D eigenvalue weighted by atomic mass is 10.0. The van der Waals surface area contributed by atoms with Crippen molar-refractivity contribution < 1.29 is 29.0 Å². The SMILES string of the molecule is CC(C)[C@@H]1NC(=O)C[C@@H](C(=O)O)NC(=O)c2cc(Cl)ccc2OC[C@@H](C)N(C)C1=O. The molecule has 30 heavy (non-hydrogen) atoms. The maximum atomic E-state index is 12.9. The van der Waals surface area contributed by atoms with Gasteiger partial charge in [-0.1, -0.05) is 25.4 Å². The lowest BCUT2D eigenvalue weighted by Gasteiger charge is -2.31. The molecule has 3 atom stereocenters. The predicted molar refractivity (Wildman–Crippen MR) is 109 cm³/mol. The topological polar surface area (TPSA) is 125 Å². The summed E-state index contributed by atoms with van der Waals surface area (Å²) >= 11 is 5.98. The second kappa shape index (κ2) is 9.80. The van der Waals surface area contributed by atoms with Gasteiger partial charge < -0.3 is 25.4 Å². The van der Waals surface area contributed by atoms with Crippen LogP contribution >= 0.6 is 11.6 Å². The van der Waals surface area contributed by atoms with Gasteiger partial charge in [-0.25, -0.2) is 4.79 Å². The molecule has 3 N–H and O–H groups in total. The lowest BCUT2D eigenvalue weighted by Crippen LogP contribution is -2.54. The summed E-state index contributed by atoms with van der Waals surface area (Å²) in [4.78, 5) is 51.2. The first-order chi connectivity index (χ1) is 14.0. The smallest absolute Gasteiger partial charge is 0.326 e. The molecule has 164 valence electrons. The van der Waals surface area contributed by atoms with Crippen LogP contribution < -0.4 is 15.4 Å². The van der Waals surface area contributed by atoms with Crippen LogP contribution in [0.4, 0.5) is 0 Å². The number of benzene rings is 1. The van der Waals surface area contributed by atoms with Crippen molar-refractivity contribution in [2.45, 2.75) is 45.3 Å². The number of rotatable bonds is 2. The third kappa shape index (κ3) is 5.63. The third-order valence-electron chi connectivity index (χ3n) is 4.92. The summed E-state index contributed by atoms with van der Waals surface area (Å²) in [5, 5.41) is 14.6. The fourth-order valence-corrected chi connectivity index (χ4v) is 3.10. The summed E-state index contributed by atoms with van der Waals surface area (Å²) in [6.45, 7) is 5.40. The normalized spacial score (nSPS) is 23.7. The van der Waals surface area contributed by atoms with Gasteiger partial charge >= 0.3 is 5.97 Å². The predicted octanol–water partition coefficient (Wildman–Crippen LogP) is 1.29. The van der Waals surface area contributed by atoms with Crippen molar-refractivity contribution in [2.24, 2.45) is 5.92 Å². The number of halogens is 1. The average molecular weight is 440 g/mol. The van der Waals surface area contributed by atoms with Crippen molar-refractivity contribution in [3.05, 3.63) is 28.8 Å². The molecule has 1 aromatic rings. The van der Waals surface area contributed by atoms with Crippen LogP contribution in [0, 0.1) is 5.92 Å². The molecule has 0 unspecified atom stereocenters. The van der Waals surface area contributed by atoms with E-state index >= 15 is 0 Å². The van der Waals surface area contributed by atoms with Crippen LogP contribution in [0.25, 0.3) is 0 Å². The molecule has 0 spiro atoms. The molecule has 0 bridgehead atoms. The molecule has 2 rings (SSSR count). The van der Waals surface area contributed by atoms with Gasteiger partial charge in [-0.2, -0.15) is 0 Å². The second-order valence-corrected chi connectivity index (χ2v) is 8.04. The minimum absolute atomic E-state index is 0.0347. The Bertz CT molecular complexity index is 844. The van der Waals surface area contributed by atoms with E-state index in [1.165, 1.54) is 23.1 Å². The van der Waals surface area contributed by atoms with Crippen LogP contribution in [0.2, 0.25) is 5.02 Å². The van der Waals surface area contributed by atoms with Crippen molar-refractivity contribution in [2.75, 3.05) is 13.7 Å². The van der Waals surface area contributed by atoms with Crippen LogP contribution in [0.3, 0.4) is 0 Å². The summed E-state index contributed by atoms with van der Waals surface area (Å²) in [5.41, 5.74) is 0.0347. The maximum Gasteiger partial charge on any atom is 0.326 e. The van der Waals surface area contributed by atoms with Crippen LogP contribution in [-0.4, -0.2) is 65.5 Å². The number of ether oxygens (including phenoxy) is 1. The standard InChI is InChI=1S/C20H26ClN3O6/c1-10(2)17-19(27)24(4)11(3)9-30-15-6-5-12(21)7-13(15)18(26)22-14(20(28)29)8-16(25)23-17/h5-7,10-11,14,17H,8-9H2,1-4H3,(H,22,26)(H,23,25)(H,28,29)/t11-,14+,17+/m1/s1. The minimum Gasteiger partial charge on any atom is -0.491 e. The molecule has 3 amide bonds. The molecule has 1 aromatic carbocycles. The summed E-state index contributed by atoms with van der Waals surface area (Å²) in [7, 11) is 1.60. The molecule has 0 saturated heterocycles. The number of aliphatic carboxylic acids is 1. The van der Waals surface area contributed by atoms with Crippen LogP contribution in [0.15, 0.2) is 18.2 Å². The number of carbonyl (C=O) groups excluding carboxylic acids is 3. The van der Waals surface area contributed by atoms with Gasteiger partial charge in [-0.3, -0.25) is 14.4 Å². The Labute approximate surface area is 179 Å². The van der Waals surface area contributed by atoms with E-state index in [0.717, 1.165) is 0 Å². The number of amides is 3. The highest BCUT2D eigenvalue weighted by atomic mass is 35.5. The first-order valence-electron chi connectivity index (χ1n) is 9.53. The van der Waals surface area contributed by atoms with E-state index in [-0.39, 0.29) is 40.8 Å². The van der Waals surface area contributed by atoms with Crippen LogP contribution in [0.1, 0.15) is 37.6 Å². The summed E-state index contributed by atoms with van der Waals surface area (Å²) in [6, 6.07) is 1.68. The number of likely N-dealkylation sites (N-methyl/N-ethyl adjacent to an activating group) is 1. The van der Waals surface area contributed by atoms with Crippen LogP contribution in [0.5, 0.6) is 5.75 Å². The molecule has 0 fully saturated rings. The molecule has 0 saturated carbocycles. The average Bonchev–Trinajstić information content (AvgIpc) is 2.68. The summed E-state index contributed by atoms with van der Waals surface area (Å²) in [6.07, 6.45) is -0.534. The molecule has 0 radical (unpaired) electrons. The van der Waals surface area contributed by atoms with E-state index in [9.17, 15) is 24.3 Å². The van der Waals surface area contributed by atoms with Gasteiger partial charge in [0.05, 0.1) is 18.0 Å². The highest BCUT2D eigenvalue weighted by Gasteiger charge is 2.32. The zero-order valence-corrected chi connectivity index (χ0v) is 18.0. The van der Waals surface area contributed by atoms with Crippen molar-refractivity contribution in [3.8, 4) is 5.75 Å². The number of carboxylic acids is 1. The Kier molecular flexibility index (Phi) is 7.66. The van der Waals surface area contributed by atoms with Gasteiger partial charge in [0, 0.05) is 12.1 Å². The highest BCUT2D eigenvalue weighted by Crippen LogP contribution is 2.24. The molecular formula is C20H26ClN3O6. The zero-order valence-electron chi connectivity index (χ0n) is 17.3. The van der Waals surface area contributed by atoms with E-state index in [2.05, 4.69) is 10.6 Å². The molecule has 1 aliphatic rings. The molecule has 1 heterocycles. The van der Waals surface area contributed by atoms with E-state index in [4.69, 9.17) is 16.3 Å². The number of hydrogen-bond donors (Lipinski definition) is 3. The van der Waals surface area contributed by atoms with Crippen molar-refractivity contribution in [3.63, 3.8) is 0 Å². The van der Waals surface area contributed by atoms with Gasteiger partial charge in [0.15, 0.2) is 0 Å². The van der Waals surface area contributed by atoms with Gasteiger partial charge in [0.2, 0.25) is 11.8 Å². The van der Waals surface area contributed by atoms with E-state index in [1.54, 1.807) is 27.8 Å². The Hall–Kier alpha value is -2.81. The maximum absolute atomic E-state index is 12.9. The minimum atomic E-state index is -1.49. The van der Waals surface area contributed by atoms with Crippen LogP contribution in [-0.2, 0) is 14.4 Å². The van der Waals surface area contributed by atoms with E-state index in [0.29, 0.717) is 0 Å². The number of nitrogens with zero attached hydrogens (tertiary/aromatic N) is 1. The largest absolute Gasteiger partial charge is 0.491 e. The summed E-state index contributed by atoms with van der Waals surface area (Å²) < 4.78 is 5.75. The Morgan fingerprint density at radius 1 is 1.27 bits per heavy atom. The molecular weight excluding hydrogens is 414 g/mol. The van der Waals surface area contributed by atoms with E-state index < -0.39 is 36.3 Å². The first-order valence-corrected chi connectivity index (χ1v) is 9.91. The first kappa shape index (κ1) is 23.5. The lowest BCUT2D eigenvalue weighted by molar-refractivity contribution is -0.142. The van der Waals surface area contributed by atoms with Gasteiger partial charge in [-0.15, -0.1) is 0 Å². The molecule has 0 aromatic heterocycles. The molecule has 9 nitrogen and oxygen atoms in total. The van der Waals surface area contributed by atoms with Crippen molar-refractivity contribution in [1.29, 1.82) is 0 Å². The third-order valence-corrected chi connectivity index (χ3v) is 5.15. The van der Waals surface area contributed by atoms with Gasteiger partial charge in [0.1, 0.15) is 24.4 Å². The number of hydrogen-bond acceptors (Lipinski definition) is 5. The Balaban J connectivity index is 2.46. The quantitative estimate of drug-likeness (QED) is 0.637. The van der Waals surface area contributed by atoms with Crippen molar-refractivity contribution >= 4 is 35.3 Å². The molecule has 10 heteroatoms. The zero-order chi connectivity index (χ0) is 22.6. The Morgan fingerprint density at radius 3 is 2.53 bits per heavy atom. The number of nitrogens with one attached hydrogen (secondary N) is 2. The second-order valence-electron chi connectivity index (χ2n) is 7.61. The van der Waals surface area contributed by atoms with E-state index in [1.807, 2.05) is 0 Å². The number of carbonyl (C=O) groups is 4. The van der Waals surface area contributed by atoms with Gasteiger partial charge in [0.25, 0.3) is 5.91 Å². The fourth-order valence-electron chi connectivity index (χ4n) is 2.93. The monoisotopic (exact) mass is 439 g/mol. The number of carboxylic acid groups (broad SMARTS) is 1. The van der Waals surface area contributed by atoms with Crippen molar-refractivity contribution in [1.82, 2.24) is 15.5 Å².